The van der Waals surface area contributed by atoms with Crippen molar-refractivity contribution < 1.29 is 4.79 Å². The van der Waals surface area contributed by atoms with Gasteiger partial charge in [0.2, 0.25) is 11.9 Å². The van der Waals surface area contributed by atoms with Gasteiger partial charge in [0.15, 0.2) is 0 Å². The van der Waals surface area contributed by atoms with Crippen molar-refractivity contribution in [2.24, 2.45) is 0 Å². The van der Waals surface area contributed by atoms with Gasteiger partial charge in [-0.05, 0) is 31.7 Å². The largest absolute Gasteiger partial charge is 0.354 e. The summed E-state index contributed by atoms with van der Waals surface area (Å²) < 4.78 is 0. The van der Waals surface area contributed by atoms with Crippen LogP contribution in [0.25, 0.3) is 0 Å². The van der Waals surface area contributed by atoms with E-state index in [1.165, 1.54) is 6.42 Å². The molecule has 1 saturated heterocycles. The van der Waals surface area contributed by atoms with Gasteiger partial charge in [-0.15, -0.1) is 0 Å². The molecule has 0 unspecified atom stereocenters. The van der Waals surface area contributed by atoms with E-state index in [4.69, 9.17) is 0 Å². The number of rotatable bonds is 4. The predicted molar refractivity (Wildman–Crippen MR) is 70.3 cm³/mol. The van der Waals surface area contributed by atoms with Crippen molar-refractivity contribution in [2.75, 3.05) is 25.0 Å². The average molecular weight is 248 g/mol. The SMILES string of the molecule is Cc1cnc(NCCC(=O)N2CCCCC2)nc1. The molecule has 1 fully saturated rings. The second-order valence-corrected chi connectivity index (χ2v) is 4.70. The number of hydrogen-bond acceptors (Lipinski definition) is 4. The molecule has 1 aromatic rings. The van der Waals surface area contributed by atoms with Gasteiger partial charge >= 0.3 is 0 Å². The third-order valence-electron chi connectivity index (χ3n) is 3.11. The predicted octanol–water partition coefficient (Wildman–Crippen LogP) is 1.60. The number of hydrogen-bond donors (Lipinski definition) is 1. The highest BCUT2D eigenvalue weighted by Crippen LogP contribution is 2.09. The van der Waals surface area contributed by atoms with E-state index in [1.54, 1.807) is 12.4 Å². The van der Waals surface area contributed by atoms with Crippen LogP contribution < -0.4 is 5.32 Å². The minimum absolute atomic E-state index is 0.231. The molecule has 0 bridgehead atoms. The Labute approximate surface area is 108 Å². The van der Waals surface area contributed by atoms with Crippen LogP contribution >= 0.6 is 0 Å². The smallest absolute Gasteiger partial charge is 0.224 e. The minimum atomic E-state index is 0.231. The Morgan fingerprint density at radius 2 is 1.94 bits per heavy atom. The summed E-state index contributed by atoms with van der Waals surface area (Å²) in [6.45, 7) is 4.38. The molecule has 5 nitrogen and oxygen atoms in total. The zero-order valence-corrected chi connectivity index (χ0v) is 10.9. The van der Waals surface area contributed by atoms with Gasteiger partial charge in [0, 0.05) is 38.4 Å². The Hall–Kier alpha value is -1.65. The van der Waals surface area contributed by atoms with Crippen molar-refractivity contribution in [1.29, 1.82) is 0 Å². The molecule has 1 N–H and O–H groups in total. The monoisotopic (exact) mass is 248 g/mol. The molecule has 98 valence electrons. The van der Waals surface area contributed by atoms with Gasteiger partial charge < -0.3 is 10.2 Å². The summed E-state index contributed by atoms with van der Waals surface area (Å²) in [4.78, 5) is 22.1. The lowest BCUT2D eigenvalue weighted by atomic mass is 10.1. The number of nitrogens with zero attached hydrogens (tertiary/aromatic N) is 3. The van der Waals surface area contributed by atoms with Gasteiger partial charge in [-0.3, -0.25) is 4.79 Å². The molecule has 5 heteroatoms. The molecule has 1 aromatic heterocycles. The molecular formula is C13H20N4O. The van der Waals surface area contributed by atoms with Gasteiger partial charge in [0.1, 0.15) is 0 Å². The van der Waals surface area contributed by atoms with Gasteiger partial charge in [0.05, 0.1) is 0 Å². The first-order chi connectivity index (χ1) is 8.75. The highest BCUT2D eigenvalue weighted by molar-refractivity contribution is 5.76. The second kappa shape index (κ2) is 6.33. The molecule has 0 aliphatic carbocycles. The number of carbonyl (C=O) groups excluding carboxylic acids is 1. The van der Waals surface area contributed by atoms with Crippen LogP contribution in [0, 0.1) is 6.92 Å². The summed E-state index contributed by atoms with van der Waals surface area (Å²) in [5.41, 5.74) is 1.03. The zero-order chi connectivity index (χ0) is 12.8. The van der Waals surface area contributed by atoms with Gasteiger partial charge in [-0.25, -0.2) is 9.97 Å². The number of nitrogens with one attached hydrogen (secondary N) is 1. The lowest BCUT2D eigenvalue weighted by Gasteiger charge is -2.26. The van der Waals surface area contributed by atoms with E-state index in [2.05, 4.69) is 15.3 Å². The van der Waals surface area contributed by atoms with Crippen LogP contribution in [0.15, 0.2) is 12.4 Å². The standard InChI is InChI=1S/C13H20N4O/c1-11-9-15-13(16-10-11)14-6-5-12(18)17-7-3-2-4-8-17/h9-10H,2-8H2,1H3,(H,14,15,16). The van der Waals surface area contributed by atoms with E-state index in [9.17, 15) is 4.79 Å². The maximum atomic E-state index is 11.9. The van der Waals surface area contributed by atoms with Crippen LogP contribution in [0.2, 0.25) is 0 Å². The van der Waals surface area contributed by atoms with Crippen LogP contribution in [-0.4, -0.2) is 40.4 Å². The second-order valence-electron chi connectivity index (χ2n) is 4.70. The van der Waals surface area contributed by atoms with Crippen molar-refractivity contribution in [2.45, 2.75) is 32.6 Å². The first-order valence-electron chi connectivity index (χ1n) is 6.56. The fourth-order valence-corrected chi connectivity index (χ4v) is 2.07. The Kier molecular flexibility index (Phi) is 4.50. The zero-order valence-electron chi connectivity index (χ0n) is 10.9. The van der Waals surface area contributed by atoms with Crippen LogP contribution in [0.4, 0.5) is 5.95 Å². The summed E-state index contributed by atoms with van der Waals surface area (Å²) in [7, 11) is 0. The molecule has 0 spiro atoms. The fraction of sp³-hybridized carbons (Fsp3) is 0.615. The molecule has 1 aliphatic heterocycles. The summed E-state index contributed by atoms with van der Waals surface area (Å²) >= 11 is 0. The first-order valence-corrected chi connectivity index (χ1v) is 6.56. The topological polar surface area (TPSA) is 58.1 Å². The van der Waals surface area contributed by atoms with Gasteiger partial charge in [-0.1, -0.05) is 0 Å². The quantitative estimate of drug-likeness (QED) is 0.879. The van der Waals surface area contributed by atoms with E-state index < -0.39 is 0 Å². The third-order valence-corrected chi connectivity index (χ3v) is 3.11. The number of amides is 1. The minimum Gasteiger partial charge on any atom is -0.354 e. The summed E-state index contributed by atoms with van der Waals surface area (Å²) in [6, 6.07) is 0. The van der Waals surface area contributed by atoms with E-state index in [0.29, 0.717) is 18.9 Å². The van der Waals surface area contributed by atoms with Crippen LogP contribution in [0.5, 0.6) is 0 Å². The Morgan fingerprint density at radius 3 is 2.61 bits per heavy atom. The third kappa shape index (κ3) is 3.68. The highest BCUT2D eigenvalue weighted by atomic mass is 16.2. The summed E-state index contributed by atoms with van der Waals surface area (Å²) in [6.07, 6.45) is 7.57. The van der Waals surface area contributed by atoms with Crippen LogP contribution in [0.3, 0.4) is 0 Å². The Morgan fingerprint density at radius 1 is 1.28 bits per heavy atom. The lowest BCUT2D eigenvalue weighted by Crippen LogP contribution is -2.36. The van der Waals surface area contributed by atoms with Crippen molar-refractivity contribution >= 4 is 11.9 Å². The molecule has 2 rings (SSSR count). The summed E-state index contributed by atoms with van der Waals surface area (Å²) in [5, 5.41) is 3.07. The molecule has 18 heavy (non-hydrogen) atoms. The number of aryl methyl sites for hydroxylation is 1. The molecule has 2 heterocycles. The van der Waals surface area contributed by atoms with Crippen molar-refractivity contribution in [3.63, 3.8) is 0 Å². The van der Waals surface area contributed by atoms with Gasteiger partial charge in [-0.2, -0.15) is 0 Å². The van der Waals surface area contributed by atoms with Crippen LogP contribution in [-0.2, 0) is 4.79 Å². The molecule has 0 radical (unpaired) electrons. The van der Waals surface area contributed by atoms with Crippen molar-refractivity contribution in [3.05, 3.63) is 18.0 Å². The number of anilines is 1. The van der Waals surface area contributed by atoms with E-state index in [0.717, 1.165) is 31.5 Å². The fourth-order valence-electron chi connectivity index (χ4n) is 2.07. The Bertz CT molecular complexity index is 384. The number of likely N-dealkylation sites (tertiary alicyclic amines) is 1. The van der Waals surface area contributed by atoms with Crippen molar-refractivity contribution in [3.8, 4) is 0 Å². The van der Waals surface area contributed by atoms with E-state index >= 15 is 0 Å². The molecule has 1 aliphatic rings. The maximum Gasteiger partial charge on any atom is 0.224 e. The lowest BCUT2D eigenvalue weighted by molar-refractivity contribution is -0.131. The number of piperidine rings is 1. The molecule has 0 atom stereocenters. The average Bonchev–Trinajstić information content (AvgIpc) is 2.42. The summed E-state index contributed by atoms with van der Waals surface area (Å²) in [5.74, 6) is 0.821. The number of carbonyl (C=O) groups is 1. The maximum absolute atomic E-state index is 11.9. The van der Waals surface area contributed by atoms with E-state index in [1.807, 2.05) is 11.8 Å². The Balaban J connectivity index is 1.71. The normalized spacial score (nSPS) is 15.5. The van der Waals surface area contributed by atoms with Crippen LogP contribution in [0.1, 0.15) is 31.2 Å². The number of aromatic nitrogens is 2. The molecule has 0 aromatic carbocycles. The van der Waals surface area contributed by atoms with Gasteiger partial charge in [0.25, 0.3) is 0 Å². The molecule has 0 saturated carbocycles. The molecular weight excluding hydrogens is 228 g/mol. The first kappa shape index (κ1) is 12.8. The highest BCUT2D eigenvalue weighted by Gasteiger charge is 2.15. The van der Waals surface area contributed by atoms with E-state index in [-0.39, 0.29) is 5.91 Å². The molecule has 1 amide bonds. The van der Waals surface area contributed by atoms with Crippen molar-refractivity contribution in [1.82, 2.24) is 14.9 Å².